The first-order valence-corrected chi connectivity index (χ1v) is 7.83. The number of pyridine rings is 1. The quantitative estimate of drug-likeness (QED) is 0.520. The minimum Gasteiger partial charge on any atom is -0.320 e. The van der Waals surface area contributed by atoms with Crippen molar-refractivity contribution in [2.75, 3.05) is 5.32 Å². The Morgan fingerprint density at radius 3 is 2.55 bits per heavy atom. The number of nitrogens with zero attached hydrogens (tertiary/aromatic N) is 1. The monoisotopic (exact) mass is 400 g/mol. The van der Waals surface area contributed by atoms with Crippen LogP contribution in [0.15, 0.2) is 67.4 Å². The Balaban J connectivity index is 1.87. The predicted octanol–water partition coefficient (Wildman–Crippen LogP) is 4.49. The van der Waals surface area contributed by atoms with Crippen molar-refractivity contribution < 1.29 is 4.79 Å². The van der Waals surface area contributed by atoms with Crippen LogP contribution in [-0.2, 0) is 4.79 Å². The lowest BCUT2D eigenvalue weighted by Gasteiger charge is -2.10. The van der Waals surface area contributed by atoms with Crippen molar-refractivity contribution in [3.8, 4) is 0 Å². The Kier molecular flexibility index (Phi) is 4.20. The summed E-state index contributed by atoms with van der Waals surface area (Å²) in [7, 11) is 0. The van der Waals surface area contributed by atoms with Crippen molar-refractivity contribution in [3.63, 3.8) is 0 Å². The number of aromatic nitrogens is 1. The Labute approximate surface area is 142 Å². The summed E-state index contributed by atoms with van der Waals surface area (Å²) >= 11 is 2.23. The number of halogens is 1. The standard InChI is InChI=1S/C18H13IN2O/c1-12(13-7-9-15(19)10-8-13)18(22)21-16-6-2-4-14-5-3-11-20-17(14)16/h2-11H,1H2,(H,21,22). The summed E-state index contributed by atoms with van der Waals surface area (Å²) in [6, 6.07) is 17.2. The Hall–Kier alpha value is -2.21. The smallest absolute Gasteiger partial charge is 0.255 e. The third-order valence-corrected chi connectivity index (χ3v) is 4.07. The van der Waals surface area contributed by atoms with E-state index in [0.29, 0.717) is 11.3 Å². The van der Waals surface area contributed by atoms with Crippen molar-refractivity contribution in [1.29, 1.82) is 0 Å². The number of nitrogens with one attached hydrogen (secondary N) is 1. The number of benzene rings is 2. The van der Waals surface area contributed by atoms with Gasteiger partial charge < -0.3 is 5.32 Å². The second kappa shape index (κ2) is 6.27. The number of rotatable bonds is 3. The average Bonchev–Trinajstić information content (AvgIpc) is 2.55. The van der Waals surface area contributed by atoms with Gasteiger partial charge >= 0.3 is 0 Å². The zero-order valence-electron chi connectivity index (χ0n) is 11.7. The van der Waals surface area contributed by atoms with Crippen LogP contribution in [0, 0.1) is 3.57 Å². The van der Waals surface area contributed by atoms with Gasteiger partial charge in [-0.3, -0.25) is 9.78 Å². The van der Waals surface area contributed by atoms with E-state index in [1.807, 2.05) is 54.6 Å². The summed E-state index contributed by atoms with van der Waals surface area (Å²) < 4.78 is 1.12. The van der Waals surface area contributed by atoms with Gasteiger partial charge in [-0.05, 0) is 52.4 Å². The Bertz CT molecular complexity index is 851. The number of fused-ring (bicyclic) bond motifs is 1. The van der Waals surface area contributed by atoms with Crippen LogP contribution in [0.4, 0.5) is 5.69 Å². The molecule has 0 spiro atoms. The van der Waals surface area contributed by atoms with Gasteiger partial charge in [-0.1, -0.05) is 36.9 Å². The maximum Gasteiger partial charge on any atom is 0.255 e. The van der Waals surface area contributed by atoms with E-state index in [1.54, 1.807) is 6.20 Å². The van der Waals surface area contributed by atoms with Crippen LogP contribution in [0.25, 0.3) is 16.5 Å². The van der Waals surface area contributed by atoms with Crippen molar-refractivity contribution >= 4 is 50.7 Å². The highest BCUT2D eigenvalue weighted by Gasteiger charge is 2.11. The highest BCUT2D eigenvalue weighted by molar-refractivity contribution is 14.1. The molecule has 4 heteroatoms. The molecule has 0 saturated carbocycles. The van der Waals surface area contributed by atoms with Gasteiger partial charge in [0.1, 0.15) is 0 Å². The highest BCUT2D eigenvalue weighted by Crippen LogP contribution is 2.22. The number of anilines is 1. The van der Waals surface area contributed by atoms with Crippen LogP contribution >= 0.6 is 22.6 Å². The number of amides is 1. The van der Waals surface area contributed by atoms with Crippen LogP contribution in [0.5, 0.6) is 0 Å². The van der Waals surface area contributed by atoms with E-state index in [9.17, 15) is 4.79 Å². The molecule has 3 aromatic rings. The number of carbonyl (C=O) groups excluding carboxylic acids is 1. The molecule has 1 heterocycles. The van der Waals surface area contributed by atoms with Gasteiger partial charge in [-0.2, -0.15) is 0 Å². The molecular weight excluding hydrogens is 387 g/mol. The fraction of sp³-hybridized carbons (Fsp3) is 0. The predicted molar refractivity (Wildman–Crippen MR) is 98.6 cm³/mol. The van der Waals surface area contributed by atoms with Gasteiger partial charge in [-0.15, -0.1) is 0 Å². The summed E-state index contributed by atoms with van der Waals surface area (Å²) in [5, 5.41) is 3.88. The van der Waals surface area contributed by atoms with E-state index in [1.165, 1.54) is 0 Å². The molecule has 1 aromatic heterocycles. The molecule has 1 amide bonds. The van der Waals surface area contributed by atoms with Gasteiger partial charge in [0.2, 0.25) is 0 Å². The zero-order valence-corrected chi connectivity index (χ0v) is 13.9. The van der Waals surface area contributed by atoms with E-state index in [2.05, 4.69) is 39.5 Å². The van der Waals surface area contributed by atoms with E-state index < -0.39 is 0 Å². The number of carbonyl (C=O) groups is 1. The average molecular weight is 400 g/mol. The summed E-state index contributed by atoms with van der Waals surface area (Å²) in [6.07, 6.45) is 1.71. The molecule has 3 nitrogen and oxygen atoms in total. The van der Waals surface area contributed by atoms with Crippen LogP contribution in [0.2, 0.25) is 0 Å². The molecule has 108 valence electrons. The lowest BCUT2D eigenvalue weighted by atomic mass is 10.1. The molecule has 0 aliphatic rings. The maximum absolute atomic E-state index is 12.4. The largest absolute Gasteiger partial charge is 0.320 e. The first-order valence-electron chi connectivity index (χ1n) is 6.75. The minimum atomic E-state index is -0.223. The fourth-order valence-electron chi connectivity index (χ4n) is 2.19. The number of hydrogen-bond acceptors (Lipinski definition) is 2. The molecule has 0 atom stereocenters. The van der Waals surface area contributed by atoms with Gasteiger partial charge in [0.05, 0.1) is 11.2 Å². The summed E-state index contributed by atoms with van der Waals surface area (Å²) in [5.74, 6) is -0.223. The summed E-state index contributed by atoms with van der Waals surface area (Å²) in [5.41, 5.74) is 2.71. The van der Waals surface area contributed by atoms with Crippen LogP contribution in [0.1, 0.15) is 5.56 Å². The van der Waals surface area contributed by atoms with E-state index >= 15 is 0 Å². The molecule has 0 radical (unpaired) electrons. The maximum atomic E-state index is 12.4. The van der Waals surface area contributed by atoms with E-state index in [4.69, 9.17) is 0 Å². The summed E-state index contributed by atoms with van der Waals surface area (Å²) in [4.78, 5) is 16.7. The van der Waals surface area contributed by atoms with Gasteiger partial charge in [-0.25, -0.2) is 0 Å². The van der Waals surface area contributed by atoms with Crippen LogP contribution in [0.3, 0.4) is 0 Å². The molecule has 0 bridgehead atoms. The minimum absolute atomic E-state index is 0.223. The van der Waals surface area contributed by atoms with Crippen molar-refractivity contribution in [1.82, 2.24) is 4.98 Å². The Morgan fingerprint density at radius 1 is 1.05 bits per heavy atom. The SMILES string of the molecule is C=C(C(=O)Nc1cccc2cccnc12)c1ccc(I)cc1. The van der Waals surface area contributed by atoms with Gasteiger partial charge in [0.25, 0.3) is 5.91 Å². The molecule has 0 aliphatic heterocycles. The second-order valence-corrected chi connectivity index (χ2v) is 6.07. The first-order chi connectivity index (χ1) is 10.6. The van der Waals surface area contributed by atoms with E-state index in [0.717, 1.165) is 20.0 Å². The third-order valence-electron chi connectivity index (χ3n) is 3.35. The number of hydrogen-bond donors (Lipinski definition) is 1. The molecule has 0 unspecified atom stereocenters. The van der Waals surface area contributed by atoms with Crippen molar-refractivity contribution in [3.05, 3.63) is 76.5 Å². The Morgan fingerprint density at radius 2 is 1.77 bits per heavy atom. The third kappa shape index (κ3) is 3.01. The first kappa shape index (κ1) is 14.7. The molecule has 22 heavy (non-hydrogen) atoms. The lowest BCUT2D eigenvalue weighted by molar-refractivity contribution is -0.111. The number of para-hydroxylation sites is 1. The molecule has 3 rings (SSSR count). The molecule has 2 aromatic carbocycles. The molecule has 0 fully saturated rings. The molecule has 0 saturated heterocycles. The molecule has 0 aliphatic carbocycles. The second-order valence-electron chi connectivity index (χ2n) is 4.82. The molecule has 1 N–H and O–H groups in total. The highest BCUT2D eigenvalue weighted by atomic mass is 127. The fourth-order valence-corrected chi connectivity index (χ4v) is 2.54. The zero-order chi connectivity index (χ0) is 15.5. The van der Waals surface area contributed by atoms with Crippen molar-refractivity contribution in [2.45, 2.75) is 0 Å². The lowest BCUT2D eigenvalue weighted by Crippen LogP contribution is -2.13. The van der Waals surface area contributed by atoms with Crippen molar-refractivity contribution in [2.24, 2.45) is 0 Å². The summed E-state index contributed by atoms with van der Waals surface area (Å²) in [6.45, 7) is 3.90. The molecular formula is C18H13IN2O. The van der Waals surface area contributed by atoms with Crippen LogP contribution < -0.4 is 5.32 Å². The van der Waals surface area contributed by atoms with E-state index in [-0.39, 0.29) is 5.91 Å². The normalized spacial score (nSPS) is 10.4. The van der Waals surface area contributed by atoms with Gasteiger partial charge in [0, 0.05) is 20.7 Å². The van der Waals surface area contributed by atoms with Crippen LogP contribution in [-0.4, -0.2) is 10.9 Å². The topological polar surface area (TPSA) is 42.0 Å². The van der Waals surface area contributed by atoms with Gasteiger partial charge in [0.15, 0.2) is 0 Å².